The van der Waals surface area contributed by atoms with Gasteiger partial charge in [0.2, 0.25) is 5.95 Å². The van der Waals surface area contributed by atoms with E-state index in [-0.39, 0.29) is 28.4 Å². The number of carbonyl (C=O) groups is 1. The van der Waals surface area contributed by atoms with E-state index in [0.29, 0.717) is 17.9 Å². The minimum Gasteiger partial charge on any atom is -0.375 e. The number of nitrogens with zero attached hydrogens (tertiary/aromatic N) is 3. The summed E-state index contributed by atoms with van der Waals surface area (Å²) in [6.45, 7) is 0.641. The number of ether oxygens (including phenoxy) is 1. The molecular formula is C17H19N5O4S. The van der Waals surface area contributed by atoms with Gasteiger partial charge >= 0.3 is 0 Å². The van der Waals surface area contributed by atoms with Crippen molar-refractivity contribution in [2.24, 2.45) is 0 Å². The van der Waals surface area contributed by atoms with Crippen molar-refractivity contribution < 1.29 is 17.9 Å². The summed E-state index contributed by atoms with van der Waals surface area (Å²) in [5.41, 5.74) is 0.608. The molecule has 142 valence electrons. The topological polar surface area (TPSA) is 115 Å². The molecule has 1 aliphatic carbocycles. The number of amides is 1. The average Bonchev–Trinajstić information content (AvgIpc) is 3.08. The molecule has 1 saturated carbocycles. The number of hydrogen-bond donors (Lipinski definition) is 2. The highest BCUT2D eigenvalue weighted by molar-refractivity contribution is 7.93. The largest absolute Gasteiger partial charge is 0.375 e. The van der Waals surface area contributed by atoms with Gasteiger partial charge in [-0.15, -0.1) is 0 Å². The third kappa shape index (κ3) is 2.71. The Hall–Kier alpha value is -2.46. The molecule has 0 radical (unpaired) electrons. The molecule has 3 aliphatic rings. The zero-order valence-electron chi connectivity index (χ0n) is 14.5. The fourth-order valence-corrected chi connectivity index (χ4v) is 5.25. The van der Waals surface area contributed by atoms with E-state index in [4.69, 9.17) is 4.74 Å². The van der Waals surface area contributed by atoms with Crippen LogP contribution in [0.5, 0.6) is 0 Å². The van der Waals surface area contributed by atoms with Crippen molar-refractivity contribution in [2.45, 2.75) is 48.6 Å². The van der Waals surface area contributed by atoms with Gasteiger partial charge in [-0.2, -0.15) is 14.8 Å². The molecule has 1 atom stereocenters. The van der Waals surface area contributed by atoms with E-state index in [1.54, 1.807) is 12.1 Å². The third-order valence-corrected chi connectivity index (χ3v) is 6.96. The maximum absolute atomic E-state index is 12.7. The summed E-state index contributed by atoms with van der Waals surface area (Å²) in [5, 5.41) is 7.07. The maximum atomic E-state index is 12.7. The molecule has 10 heteroatoms. The van der Waals surface area contributed by atoms with Gasteiger partial charge in [-0.25, -0.2) is 13.1 Å². The number of hydrogen-bond acceptors (Lipinski definition) is 6. The van der Waals surface area contributed by atoms with Crippen LogP contribution in [0.1, 0.15) is 42.5 Å². The normalized spacial score (nSPS) is 24.2. The van der Waals surface area contributed by atoms with E-state index in [1.165, 1.54) is 23.5 Å². The predicted octanol–water partition coefficient (Wildman–Crippen LogP) is 1.21. The van der Waals surface area contributed by atoms with Crippen LogP contribution < -0.4 is 10.0 Å². The Morgan fingerprint density at radius 1 is 1.37 bits per heavy atom. The lowest BCUT2D eigenvalue weighted by molar-refractivity contribution is -0.134. The average molecular weight is 389 g/mol. The van der Waals surface area contributed by atoms with Gasteiger partial charge in [0.15, 0.2) is 0 Å². The summed E-state index contributed by atoms with van der Waals surface area (Å²) in [6.07, 6.45) is 6.10. The summed E-state index contributed by atoms with van der Waals surface area (Å²) in [7, 11) is -3.80. The van der Waals surface area contributed by atoms with Gasteiger partial charge in [-0.1, -0.05) is 0 Å². The summed E-state index contributed by atoms with van der Waals surface area (Å²) in [5.74, 6) is -0.147. The monoisotopic (exact) mass is 389 g/mol. The maximum Gasteiger partial charge on any atom is 0.266 e. The number of nitrogens with one attached hydrogen (secondary N) is 2. The molecule has 2 N–H and O–H groups in total. The fourth-order valence-electron chi connectivity index (χ4n) is 4.05. The number of anilines is 1. The number of sulfonamides is 1. The van der Waals surface area contributed by atoms with Crippen LogP contribution in [-0.2, 0) is 14.8 Å². The Bertz CT molecular complexity index is 1030. The smallest absolute Gasteiger partial charge is 0.266 e. The second-order valence-electron chi connectivity index (χ2n) is 7.33. The molecule has 0 unspecified atom stereocenters. The molecule has 0 bridgehead atoms. The molecule has 2 fully saturated rings. The first kappa shape index (κ1) is 16.7. The Labute approximate surface area is 156 Å². The zero-order chi connectivity index (χ0) is 18.6. The molecule has 1 aromatic carbocycles. The van der Waals surface area contributed by atoms with E-state index < -0.39 is 10.0 Å². The van der Waals surface area contributed by atoms with Crippen LogP contribution in [0.15, 0.2) is 29.4 Å². The van der Waals surface area contributed by atoms with Gasteiger partial charge in [-0.3, -0.25) is 4.79 Å². The molecule has 9 nitrogen and oxygen atoms in total. The number of rotatable bonds is 2. The van der Waals surface area contributed by atoms with E-state index in [0.717, 1.165) is 25.7 Å². The van der Waals surface area contributed by atoms with Crippen LogP contribution in [0.3, 0.4) is 0 Å². The second kappa shape index (κ2) is 5.77. The lowest BCUT2D eigenvalue weighted by Crippen LogP contribution is -2.52. The van der Waals surface area contributed by atoms with Crippen LogP contribution >= 0.6 is 0 Å². The first-order valence-corrected chi connectivity index (χ1v) is 10.5. The molecule has 2 aromatic rings. The van der Waals surface area contributed by atoms with Crippen molar-refractivity contribution in [1.29, 1.82) is 0 Å². The molecule has 5 rings (SSSR count). The van der Waals surface area contributed by atoms with Crippen molar-refractivity contribution in [3.63, 3.8) is 0 Å². The molecule has 3 heterocycles. The van der Waals surface area contributed by atoms with Gasteiger partial charge in [0.1, 0.15) is 11.2 Å². The number of aromatic nitrogens is 3. The summed E-state index contributed by atoms with van der Waals surface area (Å²) in [6, 6.07) is 4.62. The van der Waals surface area contributed by atoms with Crippen molar-refractivity contribution in [2.75, 3.05) is 11.3 Å². The Morgan fingerprint density at radius 3 is 3.00 bits per heavy atom. The van der Waals surface area contributed by atoms with Gasteiger partial charge in [-0.05, 0) is 50.3 Å². The number of fused-ring (bicyclic) bond motifs is 3. The number of benzene rings is 1. The van der Waals surface area contributed by atoms with Gasteiger partial charge in [0.05, 0.1) is 11.3 Å². The van der Waals surface area contributed by atoms with Crippen LogP contribution in [0.25, 0.3) is 5.69 Å². The van der Waals surface area contributed by atoms with Crippen molar-refractivity contribution in [1.82, 2.24) is 20.1 Å². The molecule has 1 aromatic heterocycles. The van der Waals surface area contributed by atoms with Crippen molar-refractivity contribution in [3.05, 3.63) is 30.1 Å². The SMILES string of the molecule is O=C(N[C@H]1CCOC2(CCC2)C1)c1ccc2c(c1)S(=O)(=O)Nc1ncnn1-2. The predicted molar refractivity (Wildman–Crippen MR) is 95.2 cm³/mol. The van der Waals surface area contributed by atoms with Gasteiger partial charge < -0.3 is 10.1 Å². The Balaban J connectivity index is 1.41. The Kier molecular flexibility index (Phi) is 3.57. The van der Waals surface area contributed by atoms with Crippen LogP contribution in [0.4, 0.5) is 5.95 Å². The lowest BCUT2D eigenvalue weighted by atomic mass is 9.74. The summed E-state index contributed by atoms with van der Waals surface area (Å²) in [4.78, 5) is 16.6. The van der Waals surface area contributed by atoms with E-state index in [9.17, 15) is 13.2 Å². The van der Waals surface area contributed by atoms with Gasteiger partial charge in [0.25, 0.3) is 15.9 Å². The first-order chi connectivity index (χ1) is 13.0. The van der Waals surface area contributed by atoms with Gasteiger partial charge in [0, 0.05) is 18.2 Å². The van der Waals surface area contributed by atoms with Crippen LogP contribution in [0.2, 0.25) is 0 Å². The summed E-state index contributed by atoms with van der Waals surface area (Å²) >= 11 is 0. The van der Waals surface area contributed by atoms with E-state index in [2.05, 4.69) is 20.1 Å². The highest BCUT2D eigenvalue weighted by Gasteiger charge is 2.43. The zero-order valence-corrected chi connectivity index (χ0v) is 15.3. The highest BCUT2D eigenvalue weighted by atomic mass is 32.2. The van der Waals surface area contributed by atoms with Crippen LogP contribution in [0, 0.1) is 0 Å². The minimum atomic E-state index is -3.80. The first-order valence-electron chi connectivity index (χ1n) is 8.98. The highest BCUT2D eigenvalue weighted by Crippen LogP contribution is 2.42. The molecule has 1 amide bonds. The summed E-state index contributed by atoms with van der Waals surface area (Å²) < 4.78 is 34.6. The molecule has 1 spiro atoms. The molecule has 27 heavy (non-hydrogen) atoms. The van der Waals surface area contributed by atoms with E-state index in [1.807, 2.05) is 0 Å². The lowest BCUT2D eigenvalue weighted by Gasteiger charge is -2.47. The third-order valence-electron chi connectivity index (χ3n) is 5.61. The quantitative estimate of drug-likeness (QED) is 0.798. The second-order valence-corrected chi connectivity index (χ2v) is 8.98. The standard InChI is InChI=1S/C17H19N5O4S/c23-15(20-12-4-7-26-17(9-12)5-1-6-17)11-2-3-13-14(8-11)27(24,25)21-16-18-10-19-22(13)16/h2-3,8,10,12H,1,4-7,9H2,(H,20,23)(H,18,19,21)/t12-/m0/s1. The number of carbonyl (C=O) groups excluding carboxylic acids is 1. The fraction of sp³-hybridized carbons (Fsp3) is 0.471. The van der Waals surface area contributed by atoms with E-state index >= 15 is 0 Å². The molecule has 1 saturated heterocycles. The minimum absolute atomic E-state index is 0.00981. The van der Waals surface area contributed by atoms with Crippen LogP contribution in [-0.4, -0.2) is 47.3 Å². The van der Waals surface area contributed by atoms with Crippen molar-refractivity contribution in [3.8, 4) is 5.69 Å². The Morgan fingerprint density at radius 2 is 2.22 bits per heavy atom. The molecular weight excluding hydrogens is 370 g/mol. The van der Waals surface area contributed by atoms with Crippen molar-refractivity contribution >= 4 is 21.9 Å². The molecule has 2 aliphatic heterocycles.